The predicted molar refractivity (Wildman–Crippen MR) is 60.2 cm³/mol. The van der Waals surface area contributed by atoms with Crippen LogP contribution in [0.25, 0.3) is 0 Å². The fraction of sp³-hybridized carbons (Fsp3) is 0.538. The van der Waals surface area contributed by atoms with E-state index in [1.54, 1.807) is 5.69 Å². The summed E-state index contributed by atoms with van der Waals surface area (Å²) in [7, 11) is 0. The number of para-hydroxylation sites is 1. The van der Waals surface area contributed by atoms with Gasteiger partial charge < -0.3 is 17.0 Å². The Morgan fingerprint density at radius 3 is 1.93 bits per heavy atom. The summed E-state index contributed by atoms with van der Waals surface area (Å²) >= 11 is 0. The maximum atomic E-state index is 2.31. The molecule has 0 atom stereocenters. The number of hydrogen-bond acceptors (Lipinski definition) is 0. The topological polar surface area (TPSA) is 0 Å². The van der Waals surface area contributed by atoms with E-state index in [0.29, 0.717) is 0 Å². The molecule has 0 saturated carbocycles. The van der Waals surface area contributed by atoms with E-state index in [9.17, 15) is 0 Å². The van der Waals surface area contributed by atoms with Crippen LogP contribution in [0.4, 0.5) is 5.69 Å². The van der Waals surface area contributed by atoms with E-state index >= 15 is 0 Å². The second-order valence-corrected chi connectivity index (χ2v) is 4.88. The summed E-state index contributed by atoms with van der Waals surface area (Å²) in [4.78, 5) is 0. The highest BCUT2D eigenvalue weighted by molar-refractivity contribution is 5.43. The van der Waals surface area contributed by atoms with Gasteiger partial charge in [0.15, 0.2) is 0 Å². The molecule has 2 heteroatoms. The van der Waals surface area contributed by atoms with Crippen LogP contribution in [-0.4, -0.2) is 19.6 Å². The van der Waals surface area contributed by atoms with Crippen LogP contribution in [0.15, 0.2) is 30.3 Å². The van der Waals surface area contributed by atoms with E-state index in [1.807, 2.05) is 0 Å². The molecule has 1 aromatic carbocycles. The summed E-state index contributed by atoms with van der Waals surface area (Å²) in [5.41, 5.74) is 1.55. The molecule has 3 aliphatic heterocycles. The molecule has 0 radical (unpaired) electrons. The minimum Gasteiger partial charge on any atom is -1.00 e. The average Bonchev–Trinajstić information content (AvgIpc) is 2.33. The Kier molecular flexibility index (Phi) is 3.17. The van der Waals surface area contributed by atoms with Crippen LogP contribution in [0.5, 0.6) is 0 Å². The minimum atomic E-state index is 0. The van der Waals surface area contributed by atoms with E-state index in [4.69, 9.17) is 0 Å². The Labute approximate surface area is 102 Å². The summed E-state index contributed by atoms with van der Waals surface area (Å²) in [6, 6.07) is 11.1. The molecule has 2 bridgehead atoms. The van der Waals surface area contributed by atoms with Gasteiger partial charge in [-0.3, -0.25) is 4.48 Å². The van der Waals surface area contributed by atoms with Crippen LogP contribution in [-0.2, 0) is 0 Å². The fourth-order valence-electron chi connectivity index (χ4n) is 3.19. The molecule has 15 heavy (non-hydrogen) atoms. The largest absolute Gasteiger partial charge is 1.00 e. The van der Waals surface area contributed by atoms with Gasteiger partial charge in [-0.05, 0) is 18.1 Å². The average molecular weight is 268 g/mol. The number of fused-ring (bicyclic) bond motifs is 3. The molecule has 0 amide bonds. The molecule has 1 aromatic rings. The smallest absolute Gasteiger partial charge is 0.132 e. The Balaban J connectivity index is 0.000000853. The van der Waals surface area contributed by atoms with Gasteiger partial charge in [0.05, 0.1) is 19.6 Å². The third kappa shape index (κ3) is 1.85. The van der Waals surface area contributed by atoms with Crippen molar-refractivity contribution in [1.29, 1.82) is 0 Å². The van der Waals surface area contributed by atoms with Crippen molar-refractivity contribution in [1.82, 2.24) is 4.48 Å². The fourth-order valence-corrected chi connectivity index (χ4v) is 3.19. The molecule has 3 fully saturated rings. The first-order valence-corrected chi connectivity index (χ1v) is 5.81. The third-order valence-electron chi connectivity index (χ3n) is 4.20. The van der Waals surface area contributed by atoms with Crippen LogP contribution in [0.1, 0.15) is 19.3 Å². The molecule has 0 N–H and O–H groups in total. The van der Waals surface area contributed by atoms with Crippen molar-refractivity contribution in [2.24, 2.45) is 5.92 Å². The molecule has 1 nitrogen and oxygen atoms in total. The maximum absolute atomic E-state index is 2.31. The molecule has 3 heterocycles. The lowest BCUT2D eigenvalue weighted by Gasteiger charge is -2.48. The van der Waals surface area contributed by atoms with E-state index in [-0.39, 0.29) is 17.0 Å². The molecule has 4 rings (SSSR count). The van der Waals surface area contributed by atoms with Gasteiger partial charge in [0.2, 0.25) is 0 Å². The number of quaternary nitrogens is 1. The van der Waals surface area contributed by atoms with Gasteiger partial charge in [-0.1, -0.05) is 18.2 Å². The van der Waals surface area contributed by atoms with Gasteiger partial charge in [-0.25, -0.2) is 0 Å². The van der Waals surface area contributed by atoms with Gasteiger partial charge >= 0.3 is 0 Å². The number of rotatable bonds is 1. The van der Waals surface area contributed by atoms with Gasteiger partial charge in [-0.15, -0.1) is 0 Å². The Hall–Kier alpha value is -0.340. The summed E-state index contributed by atoms with van der Waals surface area (Å²) < 4.78 is 1.28. The standard InChI is InChI=1S/C13H18N.BrH/c1-2-4-13(5-3-1)14-9-6-12(7-10-14)8-11-14;/h1-5,12H,6-11H2;1H/q+1;/p-1. The first kappa shape index (κ1) is 11.2. The zero-order valence-electron chi connectivity index (χ0n) is 9.03. The van der Waals surface area contributed by atoms with Gasteiger partial charge in [0.1, 0.15) is 5.69 Å². The number of hydrogen-bond donors (Lipinski definition) is 0. The maximum Gasteiger partial charge on any atom is 0.132 e. The van der Waals surface area contributed by atoms with E-state index in [0.717, 1.165) is 5.92 Å². The van der Waals surface area contributed by atoms with Crippen molar-refractivity contribution in [2.45, 2.75) is 19.3 Å². The number of nitrogens with zero attached hydrogens (tertiary/aromatic N) is 1. The quantitative estimate of drug-likeness (QED) is 0.619. The van der Waals surface area contributed by atoms with Crippen molar-refractivity contribution < 1.29 is 17.0 Å². The molecule has 0 spiro atoms. The highest BCUT2D eigenvalue weighted by atomic mass is 79.9. The SMILES string of the molecule is [Br-].c1ccc([N+]23CCC(CC2)CC3)cc1. The molecule has 0 unspecified atom stereocenters. The van der Waals surface area contributed by atoms with Crippen molar-refractivity contribution in [3.05, 3.63) is 30.3 Å². The number of piperidine rings is 3. The van der Waals surface area contributed by atoms with E-state index in [2.05, 4.69) is 30.3 Å². The van der Waals surface area contributed by atoms with E-state index in [1.165, 1.54) is 43.4 Å². The zero-order chi connectivity index (χ0) is 9.43. The first-order chi connectivity index (χ1) is 6.89. The second-order valence-electron chi connectivity index (χ2n) is 4.88. The summed E-state index contributed by atoms with van der Waals surface area (Å²) in [6.07, 6.45) is 4.36. The van der Waals surface area contributed by atoms with Crippen molar-refractivity contribution in [2.75, 3.05) is 19.6 Å². The molecule has 3 aliphatic rings. The van der Waals surface area contributed by atoms with Crippen LogP contribution in [0, 0.1) is 5.92 Å². The third-order valence-corrected chi connectivity index (χ3v) is 4.20. The number of benzene rings is 1. The van der Waals surface area contributed by atoms with Gasteiger partial charge in [-0.2, -0.15) is 0 Å². The predicted octanol–water partition coefficient (Wildman–Crippen LogP) is -0.188. The Bertz CT molecular complexity index is 301. The molecule has 3 saturated heterocycles. The molecule has 82 valence electrons. The van der Waals surface area contributed by atoms with Crippen molar-refractivity contribution in [3.63, 3.8) is 0 Å². The zero-order valence-corrected chi connectivity index (χ0v) is 10.6. The minimum absolute atomic E-state index is 0. The van der Waals surface area contributed by atoms with Crippen LogP contribution in [0.3, 0.4) is 0 Å². The second kappa shape index (κ2) is 4.26. The lowest BCUT2D eigenvalue weighted by Crippen LogP contribution is -3.00. The molecule has 0 aromatic heterocycles. The van der Waals surface area contributed by atoms with Gasteiger partial charge in [0, 0.05) is 19.3 Å². The summed E-state index contributed by atoms with van der Waals surface area (Å²) in [5.74, 6) is 1.05. The summed E-state index contributed by atoms with van der Waals surface area (Å²) in [5, 5.41) is 0. The molecular formula is C13H18BrN. The van der Waals surface area contributed by atoms with Gasteiger partial charge in [0.25, 0.3) is 0 Å². The lowest BCUT2D eigenvalue weighted by molar-refractivity contribution is -0.00000285. The van der Waals surface area contributed by atoms with Crippen LogP contribution in [0.2, 0.25) is 0 Å². The summed E-state index contributed by atoms with van der Waals surface area (Å²) in [6.45, 7) is 4.15. The number of halogens is 1. The monoisotopic (exact) mass is 267 g/mol. The normalized spacial score (nSPS) is 33.5. The van der Waals surface area contributed by atoms with Crippen molar-refractivity contribution >= 4 is 5.69 Å². The Morgan fingerprint density at radius 1 is 0.867 bits per heavy atom. The van der Waals surface area contributed by atoms with E-state index < -0.39 is 0 Å². The highest BCUT2D eigenvalue weighted by Gasteiger charge is 2.40. The van der Waals surface area contributed by atoms with Crippen LogP contribution >= 0.6 is 0 Å². The van der Waals surface area contributed by atoms with Crippen molar-refractivity contribution in [3.8, 4) is 0 Å². The lowest BCUT2D eigenvalue weighted by atomic mass is 9.85. The molecular weight excluding hydrogens is 250 g/mol. The molecule has 0 aliphatic carbocycles. The highest BCUT2D eigenvalue weighted by Crippen LogP contribution is 2.37. The Morgan fingerprint density at radius 2 is 1.40 bits per heavy atom. The first-order valence-electron chi connectivity index (χ1n) is 5.81. The van der Waals surface area contributed by atoms with Crippen LogP contribution < -0.4 is 21.5 Å².